The standard InChI is InChI=1S/C18H24N2O/c1-2-11-20-18(17-10-3-4-13-21-17)15-7-5-9-16-14(15)8-6-12-19-16/h5-9,12,17-18,20H,2-4,10-11,13H2,1H3. The predicted octanol–water partition coefficient (Wildman–Crippen LogP) is 3.84. The largest absolute Gasteiger partial charge is 0.376 e. The van der Waals surface area contributed by atoms with Crippen LogP contribution in [0, 0.1) is 0 Å². The predicted molar refractivity (Wildman–Crippen MR) is 86.4 cm³/mol. The Labute approximate surface area is 126 Å². The van der Waals surface area contributed by atoms with Crippen LogP contribution < -0.4 is 5.32 Å². The lowest BCUT2D eigenvalue weighted by molar-refractivity contribution is -0.00785. The van der Waals surface area contributed by atoms with Crippen molar-refractivity contribution in [2.75, 3.05) is 13.2 Å². The minimum absolute atomic E-state index is 0.262. The number of ether oxygens (including phenoxy) is 1. The normalized spacial score (nSPS) is 20.5. The average molecular weight is 284 g/mol. The van der Waals surface area contributed by atoms with Gasteiger partial charge >= 0.3 is 0 Å². The Morgan fingerprint density at radius 3 is 3.05 bits per heavy atom. The van der Waals surface area contributed by atoms with Gasteiger partial charge < -0.3 is 10.1 Å². The molecule has 0 radical (unpaired) electrons. The molecular formula is C18H24N2O. The Kier molecular flexibility index (Phi) is 4.84. The zero-order chi connectivity index (χ0) is 14.5. The molecule has 0 saturated carbocycles. The minimum atomic E-state index is 0.262. The summed E-state index contributed by atoms with van der Waals surface area (Å²) in [4.78, 5) is 4.48. The van der Waals surface area contributed by atoms with E-state index in [0.29, 0.717) is 0 Å². The van der Waals surface area contributed by atoms with Crippen molar-refractivity contribution in [2.45, 2.75) is 44.8 Å². The highest BCUT2D eigenvalue weighted by molar-refractivity contribution is 5.82. The van der Waals surface area contributed by atoms with Crippen LogP contribution in [0.25, 0.3) is 10.9 Å². The smallest absolute Gasteiger partial charge is 0.0769 e. The first-order chi connectivity index (χ1) is 10.4. The van der Waals surface area contributed by atoms with Crippen LogP contribution in [0.3, 0.4) is 0 Å². The number of fused-ring (bicyclic) bond motifs is 1. The molecule has 1 N–H and O–H groups in total. The molecular weight excluding hydrogens is 260 g/mol. The van der Waals surface area contributed by atoms with Gasteiger partial charge in [-0.05, 0) is 49.9 Å². The average Bonchev–Trinajstić information content (AvgIpc) is 2.56. The number of hydrogen-bond donors (Lipinski definition) is 1. The SMILES string of the molecule is CCCNC(c1cccc2ncccc12)C1CCCCO1. The Morgan fingerprint density at radius 2 is 2.24 bits per heavy atom. The highest BCUT2D eigenvalue weighted by Crippen LogP contribution is 2.30. The molecule has 2 heterocycles. The van der Waals surface area contributed by atoms with Gasteiger partial charge in [0.25, 0.3) is 0 Å². The maximum absolute atomic E-state index is 6.06. The first kappa shape index (κ1) is 14.5. The van der Waals surface area contributed by atoms with Gasteiger partial charge in [0, 0.05) is 18.2 Å². The number of nitrogens with one attached hydrogen (secondary N) is 1. The van der Waals surface area contributed by atoms with Gasteiger partial charge in [-0.25, -0.2) is 0 Å². The summed E-state index contributed by atoms with van der Waals surface area (Å²) in [5, 5.41) is 4.93. The summed E-state index contributed by atoms with van der Waals surface area (Å²) in [7, 11) is 0. The van der Waals surface area contributed by atoms with Crippen molar-refractivity contribution in [3.05, 3.63) is 42.1 Å². The molecule has 1 aromatic heterocycles. The fourth-order valence-electron chi connectivity index (χ4n) is 3.17. The van der Waals surface area contributed by atoms with Crippen molar-refractivity contribution in [3.8, 4) is 0 Å². The fourth-order valence-corrected chi connectivity index (χ4v) is 3.17. The van der Waals surface area contributed by atoms with Gasteiger partial charge in [0.2, 0.25) is 0 Å². The Hall–Kier alpha value is -1.45. The molecule has 2 atom stereocenters. The van der Waals surface area contributed by atoms with E-state index in [4.69, 9.17) is 4.74 Å². The van der Waals surface area contributed by atoms with Gasteiger partial charge in [-0.2, -0.15) is 0 Å². The Bertz CT molecular complexity index is 573. The summed E-state index contributed by atoms with van der Waals surface area (Å²) >= 11 is 0. The minimum Gasteiger partial charge on any atom is -0.376 e. The molecule has 2 unspecified atom stereocenters. The lowest BCUT2D eigenvalue weighted by atomic mass is 9.93. The molecule has 1 aliphatic heterocycles. The number of benzene rings is 1. The highest BCUT2D eigenvalue weighted by atomic mass is 16.5. The van der Waals surface area contributed by atoms with Gasteiger partial charge in [0.05, 0.1) is 17.7 Å². The van der Waals surface area contributed by atoms with Crippen molar-refractivity contribution in [3.63, 3.8) is 0 Å². The van der Waals surface area contributed by atoms with Crippen molar-refractivity contribution >= 4 is 10.9 Å². The van der Waals surface area contributed by atoms with Gasteiger partial charge in [0.1, 0.15) is 0 Å². The van der Waals surface area contributed by atoms with Crippen LogP contribution in [-0.2, 0) is 4.74 Å². The van der Waals surface area contributed by atoms with E-state index in [1.165, 1.54) is 23.8 Å². The Balaban J connectivity index is 1.96. The molecule has 3 nitrogen and oxygen atoms in total. The lowest BCUT2D eigenvalue weighted by Crippen LogP contribution is -2.36. The zero-order valence-corrected chi connectivity index (χ0v) is 12.7. The summed E-state index contributed by atoms with van der Waals surface area (Å²) in [5.74, 6) is 0. The number of aromatic nitrogens is 1. The molecule has 1 saturated heterocycles. The molecule has 0 amide bonds. The summed E-state index contributed by atoms with van der Waals surface area (Å²) in [6.07, 6.45) is 6.85. The number of rotatable bonds is 5. The summed E-state index contributed by atoms with van der Waals surface area (Å²) in [5.41, 5.74) is 2.38. The van der Waals surface area contributed by atoms with Crippen LogP contribution in [0.1, 0.15) is 44.2 Å². The highest BCUT2D eigenvalue weighted by Gasteiger charge is 2.26. The molecule has 1 aromatic carbocycles. The Morgan fingerprint density at radius 1 is 1.29 bits per heavy atom. The second kappa shape index (κ2) is 7.01. The number of hydrogen-bond acceptors (Lipinski definition) is 3. The van der Waals surface area contributed by atoms with E-state index in [1.54, 1.807) is 0 Å². The van der Waals surface area contributed by atoms with Crippen molar-refractivity contribution < 1.29 is 4.74 Å². The number of nitrogens with zero attached hydrogens (tertiary/aromatic N) is 1. The molecule has 2 aromatic rings. The van der Waals surface area contributed by atoms with Gasteiger partial charge in [-0.1, -0.05) is 25.1 Å². The first-order valence-electron chi connectivity index (χ1n) is 8.09. The first-order valence-corrected chi connectivity index (χ1v) is 8.09. The lowest BCUT2D eigenvalue weighted by Gasteiger charge is -2.32. The van der Waals surface area contributed by atoms with E-state index in [9.17, 15) is 0 Å². The molecule has 3 rings (SSSR count). The molecule has 112 valence electrons. The topological polar surface area (TPSA) is 34.2 Å². The quantitative estimate of drug-likeness (QED) is 0.905. The van der Waals surface area contributed by atoms with Crippen LogP contribution in [-0.4, -0.2) is 24.2 Å². The van der Waals surface area contributed by atoms with E-state index in [2.05, 4.69) is 41.5 Å². The molecule has 1 aliphatic rings. The van der Waals surface area contributed by atoms with E-state index in [-0.39, 0.29) is 12.1 Å². The van der Waals surface area contributed by atoms with Gasteiger partial charge in [-0.15, -0.1) is 0 Å². The second-order valence-electron chi connectivity index (χ2n) is 5.75. The molecule has 0 spiro atoms. The van der Waals surface area contributed by atoms with Crippen LogP contribution in [0.5, 0.6) is 0 Å². The van der Waals surface area contributed by atoms with Crippen molar-refractivity contribution in [2.24, 2.45) is 0 Å². The molecule has 21 heavy (non-hydrogen) atoms. The third-order valence-corrected chi connectivity index (χ3v) is 4.22. The van der Waals surface area contributed by atoms with E-state index in [1.807, 2.05) is 12.3 Å². The molecule has 0 bridgehead atoms. The maximum atomic E-state index is 6.06. The monoisotopic (exact) mass is 284 g/mol. The summed E-state index contributed by atoms with van der Waals surface area (Å²) in [6.45, 7) is 4.11. The van der Waals surface area contributed by atoms with Crippen molar-refractivity contribution in [1.29, 1.82) is 0 Å². The van der Waals surface area contributed by atoms with Crippen molar-refractivity contribution in [1.82, 2.24) is 10.3 Å². The molecule has 3 heteroatoms. The summed E-state index contributed by atoms with van der Waals surface area (Å²) < 4.78 is 6.06. The van der Waals surface area contributed by atoms with Crippen LogP contribution in [0.2, 0.25) is 0 Å². The van der Waals surface area contributed by atoms with E-state index >= 15 is 0 Å². The van der Waals surface area contributed by atoms with Gasteiger partial charge in [0.15, 0.2) is 0 Å². The molecule has 0 aliphatic carbocycles. The third kappa shape index (κ3) is 3.25. The van der Waals surface area contributed by atoms with E-state index < -0.39 is 0 Å². The second-order valence-corrected chi connectivity index (χ2v) is 5.75. The van der Waals surface area contributed by atoms with Crippen LogP contribution >= 0.6 is 0 Å². The fraction of sp³-hybridized carbons (Fsp3) is 0.500. The van der Waals surface area contributed by atoms with Crippen LogP contribution in [0.15, 0.2) is 36.5 Å². The molecule has 1 fully saturated rings. The number of pyridine rings is 1. The van der Waals surface area contributed by atoms with Gasteiger partial charge in [-0.3, -0.25) is 4.98 Å². The zero-order valence-electron chi connectivity index (χ0n) is 12.7. The van der Waals surface area contributed by atoms with E-state index in [0.717, 1.165) is 31.5 Å². The maximum Gasteiger partial charge on any atom is 0.0769 e. The summed E-state index contributed by atoms with van der Waals surface area (Å²) in [6, 6.07) is 10.9. The van der Waals surface area contributed by atoms with Crippen LogP contribution in [0.4, 0.5) is 0 Å². The third-order valence-electron chi connectivity index (χ3n) is 4.22.